The van der Waals surface area contributed by atoms with Crippen LogP contribution in [0.3, 0.4) is 0 Å². The Bertz CT molecular complexity index is 339. The molecular formula is C18H29F2IO. The Morgan fingerprint density at radius 1 is 0.818 bits per heavy atom. The summed E-state index contributed by atoms with van der Waals surface area (Å²) in [6.45, 7) is 2.63. The average Bonchev–Trinajstić information content (AvgIpc) is 2.53. The summed E-state index contributed by atoms with van der Waals surface area (Å²) in [4.78, 5) is 0. The molecule has 3 fully saturated rings. The van der Waals surface area contributed by atoms with E-state index < -0.39 is 18.3 Å². The molecule has 4 atom stereocenters. The Labute approximate surface area is 147 Å². The molecule has 0 bridgehead atoms. The monoisotopic (exact) mass is 426 g/mol. The van der Waals surface area contributed by atoms with E-state index in [0.717, 1.165) is 19.4 Å². The van der Waals surface area contributed by atoms with Crippen LogP contribution in [0.4, 0.5) is 8.78 Å². The predicted molar refractivity (Wildman–Crippen MR) is 93.9 cm³/mol. The van der Waals surface area contributed by atoms with E-state index in [2.05, 4.69) is 22.6 Å². The predicted octanol–water partition coefficient (Wildman–Crippen LogP) is 5.50. The molecule has 4 heteroatoms. The second-order valence-electron chi connectivity index (χ2n) is 7.84. The molecule has 1 aliphatic heterocycles. The highest BCUT2D eigenvalue weighted by molar-refractivity contribution is 14.1. The maximum Gasteiger partial charge on any atom is 0.106 e. The number of hydrogen-bond donors (Lipinski definition) is 0. The lowest BCUT2D eigenvalue weighted by atomic mass is 9.67. The molecule has 0 N–H and O–H groups in total. The standard InChI is InChI=1S/C18H29F2IO/c1-11-16(19)8-14(9-17(11)20)12-2-4-13(5-3-12)18-7-6-15(21)10-22-18/h11-18H,2-10H2,1H3. The SMILES string of the molecule is CC1C(F)CC(C2CCC(C3CCC(I)CO3)CC2)CC1F. The quantitative estimate of drug-likeness (QED) is 0.419. The van der Waals surface area contributed by atoms with Crippen molar-refractivity contribution in [2.45, 2.75) is 80.7 Å². The van der Waals surface area contributed by atoms with E-state index in [-0.39, 0.29) is 5.92 Å². The molecule has 0 aromatic rings. The maximum atomic E-state index is 14.0. The summed E-state index contributed by atoms with van der Waals surface area (Å²) in [5, 5.41) is 0. The van der Waals surface area contributed by atoms with Gasteiger partial charge in [0.05, 0.1) is 12.7 Å². The highest BCUT2D eigenvalue weighted by atomic mass is 127. The molecule has 0 amide bonds. The van der Waals surface area contributed by atoms with Gasteiger partial charge >= 0.3 is 0 Å². The fourth-order valence-electron chi connectivity index (χ4n) is 4.82. The molecule has 22 heavy (non-hydrogen) atoms. The average molecular weight is 426 g/mol. The fourth-order valence-corrected chi connectivity index (χ4v) is 5.38. The minimum atomic E-state index is -0.936. The third-order valence-corrected chi connectivity index (χ3v) is 7.44. The molecule has 1 nitrogen and oxygen atoms in total. The zero-order chi connectivity index (χ0) is 15.7. The highest BCUT2D eigenvalue weighted by Gasteiger charge is 2.40. The summed E-state index contributed by atoms with van der Waals surface area (Å²) in [5.41, 5.74) is 0. The van der Waals surface area contributed by atoms with E-state index in [0.29, 0.717) is 34.7 Å². The van der Waals surface area contributed by atoms with Crippen LogP contribution in [0.2, 0.25) is 0 Å². The van der Waals surface area contributed by atoms with Gasteiger partial charge in [-0.3, -0.25) is 0 Å². The van der Waals surface area contributed by atoms with Gasteiger partial charge in [0.25, 0.3) is 0 Å². The summed E-state index contributed by atoms with van der Waals surface area (Å²) in [6.07, 6.45) is 6.92. The van der Waals surface area contributed by atoms with Crippen LogP contribution >= 0.6 is 22.6 Å². The van der Waals surface area contributed by atoms with Gasteiger partial charge in [-0.05, 0) is 69.1 Å². The van der Waals surface area contributed by atoms with Crippen molar-refractivity contribution in [1.82, 2.24) is 0 Å². The van der Waals surface area contributed by atoms with Crippen LogP contribution in [0.5, 0.6) is 0 Å². The van der Waals surface area contributed by atoms with Crippen LogP contribution in [0.15, 0.2) is 0 Å². The lowest BCUT2D eigenvalue weighted by molar-refractivity contribution is -0.0378. The number of hydrogen-bond acceptors (Lipinski definition) is 1. The molecule has 3 aliphatic rings. The molecule has 4 unspecified atom stereocenters. The lowest BCUT2D eigenvalue weighted by Gasteiger charge is -2.42. The van der Waals surface area contributed by atoms with E-state index in [1.165, 1.54) is 25.7 Å². The highest BCUT2D eigenvalue weighted by Crippen LogP contribution is 2.44. The zero-order valence-electron chi connectivity index (χ0n) is 13.5. The zero-order valence-corrected chi connectivity index (χ0v) is 15.7. The van der Waals surface area contributed by atoms with Crippen molar-refractivity contribution in [1.29, 1.82) is 0 Å². The first kappa shape index (κ1) is 17.4. The van der Waals surface area contributed by atoms with Gasteiger partial charge in [0, 0.05) is 9.84 Å². The van der Waals surface area contributed by atoms with Gasteiger partial charge in [-0.1, -0.05) is 29.5 Å². The second-order valence-corrected chi connectivity index (χ2v) is 9.61. The van der Waals surface area contributed by atoms with Crippen molar-refractivity contribution in [3.05, 3.63) is 0 Å². The van der Waals surface area contributed by atoms with E-state index in [9.17, 15) is 8.78 Å². The van der Waals surface area contributed by atoms with E-state index in [4.69, 9.17) is 4.74 Å². The molecule has 2 saturated carbocycles. The molecule has 128 valence electrons. The molecular weight excluding hydrogens is 397 g/mol. The maximum absolute atomic E-state index is 14.0. The number of rotatable bonds is 2. The molecule has 0 radical (unpaired) electrons. The Morgan fingerprint density at radius 2 is 1.41 bits per heavy atom. The summed E-state index contributed by atoms with van der Waals surface area (Å²) in [6, 6.07) is 0. The molecule has 0 aromatic heterocycles. The summed E-state index contributed by atoms with van der Waals surface area (Å²) in [5.74, 6) is 1.10. The number of halogens is 3. The molecule has 2 aliphatic carbocycles. The molecule has 0 spiro atoms. The van der Waals surface area contributed by atoms with Crippen LogP contribution in [-0.4, -0.2) is 29.0 Å². The van der Waals surface area contributed by atoms with Crippen molar-refractivity contribution in [2.24, 2.45) is 23.7 Å². The third-order valence-electron chi connectivity index (χ3n) is 6.46. The normalized spacial score (nSPS) is 50.7. The van der Waals surface area contributed by atoms with E-state index in [1.54, 1.807) is 6.92 Å². The third kappa shape index (κ3) is 3.96. The van der Waals surface area contributed by atoms with Gasteiger partial charge in [-0.25, -0.2) is 8.78 Å². The number of alkyl halides is 3. The van der Waals surface area contributed by atoms with Crippen molar-refractivity contribution in [3.8, 4) is 0 Å². The van der Waals surface area contributed by atoms with Gasteiger partial charge in [-0.2, -0.15) is 0 Å². The van der Waals surface area contributed by atoms with E-state index >= 15 is 0 Å². The number of ether oxygens (including phenoxy) is 1. The van der Waals surface area contributed by atoms with Gasteiger partial charge in [0.15, 0.2) is 0 Å². The lowest BCUT2D eigenvalue weighted by Crippen LogP contribution is -2.39. The summed E-state index contributed by atoms with van der Waals surface area (Å²) >= 11 is 2.48. The van der Waals surface area contributed by atoms with Crippen molar-refractivity contribution >= 4 is 22.6 Å². The molecule has 3 rings (SSSR count). The smallest absolute Gasteiger partial charge is 0.106 e. The van der Waals surface area contributed by atoms with Gasteiger partial charge in [-0.15, -0.1) is 0 Å². The molecule has 1 heterocycles. The van der Waals surface area contributed by atoms with E-state index in [1.807, 2.05) is 0 Å². The first-order valence-corrected chi connectivity index (χ1v) is 10.3. The Balaban J connectivity index is 1.47. The Hall–Kier alpha value is 0.550. The van der Waals surface area contributed by atoms with Crippen LogP contribution in [-0.2, 0) is 4.74 Å². The first-order chi connectivity index (χ1) is 10.5. The van der Waals surface area contributed by atoms with Crippen LogP contribution in [0.1, 0.15) is 58.3 Å². The van der Waals surface area contributed by atoms with Gasteiger partial charge in [0.2, 0.25) is 0 Å². The van der Waals surface area contributed by atoms with Gasteiger partial charge < -0.3 is 4.74 Å². The largest absolute Gasteiger partial charge is 0.377 e. The first-order valence-electron chi connectivity index (χ1n) is 9.08. The Kier molecular flexibility index (Phi) is 6.02. The van der Waals surface area contributed by atoms with Crippen LogP contribution in [0, 0.1) is 23.7 Å². The van der Waals surface area contributed by atoms with Gasteiger partial charge in [0.1, 0.15) is 12.3 Å². The van der Waals surface area contributed by atoms with Crippen molar-refractivity contribution in [3.63, 3.8) is 0 Å². The summed E-state index contributed by atoms with van der Waals surface area (Å²) in [7, 11) is 0. The fraction of sp³-hybridized carbons (Fsp3) is 1.00. The minimum absolute atomic E-state index is 0.271. The summed E-state index contributed by atoms with van der Waals surface area (Å²) < 4.78 is 34.7. The minimum Gasteiger partial charge on any atom is -0.377 e. The molecule has 1 saturated heterocycles. The molecule has 0 aromatic carbocycles. The Morgan fingerprint density at radius 3 is 1.95 bits per heavy atom. The van der Waals surface area contributed by atoms with Crippen molar-refractivity contribution in [2.75, 3.05) is 6.61 Å². The van der Waals surface area contributed by atoms with Crippen molar-refractivity contribution < 1.29 is 13.5 Å². The van der Waals surface area contributed by atoms with Crippen LogP contribution in [0.25, 0.3) is 0 Å². The van der Waals surface area contributed by atoms with Crippen LogP contribution < -0.4 is 0 Å². The second kappa shape index (κ2) is 7.62. The topological polar surface area (TPSA) is 9.23 Å².